The minimum Gasteiger partial charge on any atom is -0.379 e. The van der Waals surface area contributed by atoms with E-state index in [1.165, 1.54) is 0 Å². The third kappa shape index (κ3) is 7.97. The fourth-order valence-electron chi connectivity index (χ4n) is 2.80. The molecule has 22 heavy (non-hydrogen) atoms. The maximum Gasteiger partial charge on any atom is 0.237 e. The third-order valence-corrected chi connectivity index (χ3v) is 4.10. The lowest BCUT2D eigenvalue weighted by Crippen LogP contribution is -2.54. The number of carbonyl (C=O) groups is 1. The Labute approximate surface area is 147 Å². The van der Waals surface area contributed by atoms with E-state index >= 15 is 0 Å². The highest BCUT2D eigenvalue weighted by molar-refractivity contribution is 5.85. The van der Waals surface area contributed by atoms with E-state index in [4.69, 9.17) is 10.5 Å². The predicted molar refractivity (Wildman–Crippen MR) is 96.0 cm³/mol. The number of nitrogens with zero attached hydrogens (tertiary/aromatic N) is 1. The van der Waals surface area contributed by atoms with Crippen molar-refractivity contribution in [3.63, 3.8) is 0 Å². The van der Waals surface area contributed by atoms with E-state index in [9.17, 15) is 4.79 Å². The van der Waals surface area contributed by atoms with Crippen LogP contribution in [0.5, 0.6) is 0 Å². The molecule has 1 aliphatic rings. The van der Waals surface area contributed by atoms with Gasteiger partial charge in [0.05, 0.1) is 19.3 Å². The van der Waals surface area contributed by atoms with Gasteiger partial charge in [0, 0.05) is 25.7 Å². The Morgan fingerprint density at radius 1 is 1.23 bits per heavy atom. The molecule has 3 N–H and O–H groups in total. The van der Waals surface area contributed by atoms with Crippen LogP contribution in [-0.2, 0) is 9.53 Å². The van der Waals surface area contributed by atoms with Gasteiger partial charge < -0.3 is 15.8 Å². The van der Waals surface area contributed by atoms with Crippen LogP contribution < -0.4 is 11.1 Å². The van der Waals surface area contributed by atoms with Gasteiger partial charge >= 0.3 is 0 Å². The van der Waals surface area contributed by atoms with Crippen molar-refractivity contribution in [2.75, 3.05) is 32.8 Å². The van der Waals surface area contributed by atoms with Crippen molar-refractivity contribution in [3.8, 4) is 0 Å². The van der Waals surface area contributed by atoms with Crippen molar-refractivity contribution in [1.82, 2.24) is 10.2 Å². The first-order chi connectivity index (χ1) is 9.60. The third-order valence-electron chi connectivity index (χ3n) is 4.10. The average molecular weight is 358 g/mol. The molecule has 1 saturated heterocycles. The number of amides is 1. The fourth-order valence-corrected chi connectivity index (χ4v) is 2.80. The number of carbonyl (C=O) groups excluding carboxylic acids is 1. The lowest BCUT2D eigenvalue weighted by Gasteiger charge is -2.37. The summed E-state index contributed by atoms with van der Waals surface area (Å²) in [4.78, 5) is 14.8. The van der Waals surface area contributed by atoms with E-state index < -0.39 is 0 Å². The molecule has 0 bridgehead atoms. The Bertz CT molecular complexity index is 284. The first-order valence-electron chi connectivity index (χ1n) is 7.95. The van der Waals surface area contributed by atoms with Crippen molar-refractivity contribution in [2.24, 2.45) is 11.7 Å². The summed E-state index contributed by atoms with van der Waals surface area (Å²) in [5, 5.41) is 3.06. The molecule has 0 aromatic heterocycles. The Morgan fingerprint density at radius 2 is 1.77 bits per heavy atom. The van der Waals surface area contributed by atoms with Gasteiger partial charge in [-0.2, -0.15) is 0 Å². The second-order valence-corrected chi connectivity index (χ2v) is 5.73. The molecule has 1 rings (SSSR count). The van der Waals surface area contributed by atoms with Gasteiger partial charge in [-0.1, -0.05) is 26.7 Å². The van der Waals surface area contributed by atoms with Crippen LogP contribution in [0.4, 0.5) is 0 Å². The molecule has 0 saturated carbocycles. The minimum atomic E-state index is -0.0259. The van der Waals surface area contributed by atoms with E-state index in [1.807, 2.05) is 6.92 Å². The molecule has 1 aliphatic heterocycles. The van der Waals surface area contributed by atoms with Crippen LogP contribution in [0.2, 0.25) is 0 Å². The maximum atomic E-state index is 12.5. The van der Waals surface area contributed by atoms with E-state index in [0.717, 1.165) is 45.6 Å². The highest BCUT2D eigenvalue weighted by Crippen LogP contribution is 2.20. The summed E-state index contributed by atoms with van der Waals surface area (Å²) < 4.78 is 5.40. The Hall–Kier alpha value is -0.0700. The van der Waals surface area contributed by atoms with Gasteiger partial charge in [-0.05, 0) is 19.3 Å². The van der Waals surface area contributed by atoms with Crippen LogP contribution in [0.25, 0.3) is 0 Å². The molecule has 0 aromatic carbocycles. The van der Waals surface area contributed by atoms with E-state index in [0.29, 0.717) is 12.5 Å². The first kappa shape index (κ1) is 24.2. The zero-order valence-electron chi connectivity index (χ0n) is 14.0. The number of hydrogen-bond donors (Lipinski definition) is 2. The molecule has 7 heteroatoms. The number of morpholine rings is 1. The summed E-state index contributed by atoms with van der Waals surface area (Å²) in [6.45, 7) is 10.1. The van der Waals surface area contributed by atoms with Gasteiger partial charge in [-0.25, -0.2) is 0 Å². The fraction of sp³-hybridized carbons (Fsp3) is 0.933. The topological polar surface area (TPSA) is 67.6 Å². The van der Waals surface area contributed by atoms with Gasteiger partial charge in [0.1, 0.15) is 0 Å². The lowest BCUT2D eigenvalue weighted by molar-refractivity contribution is -0.130. The monoisotopic (exact) mass is 357 g/mol. The second-order valence-electron chi connectivity index (χ2n) is 5.73. The number of hydrogen-bond acceptors (Lipinski definition) is 4. The van der Waals surface area contributed by atoms with Gasteiger partial charge in [0.15, 0.2) is 0 Å². The van der Waals surface area contributed by atoms with Crippen molar-refractivity contribution >= 4 is 30.7 Å². The van der Waals surface area contributed by atoms with Crippen LogP contribution >= 0.6 is 24.8 Å². The van der Waals surface area contributed by atoms with Gasteiger partial charge in [0.2, 0.25) is 5.91 Å². The number of nitrogens with two attached hydrogens (primary N) is 1. The maximum absolute atomic E-state index is 12.5. The number of nitrogens with one attached hydrogen (secondary N) is 1. The molecule has 2 atom stereocenters. The zero-order chi connectivity index (χ0) is 15.0. The van der Waals surface area contributed by atoms with Gasteiger partial charge in [-0.15, -0.1) is 24.8 Å². The molecule has 0 aromatic rings. The summed E-state index contributed by atoms with van der Waals surface area (Å²) in [5.74, 6) is 0.560. The minimum absolute atomic E-state index is 0. The zero-order valence-corrected chi connectivity index (χ0v) is 15.7. The van der Waals surface area contributed by atoms with Crippen molar-refractivity contribution < 1.29 is 9.53 Å². The van der Waals surface area contributed by atoms with Crippen molar-refractivity contribution in [2.45, 2.75) is 52.1 Å². The Balaban J connectivity index is 0. The second kappa shape index (κ2) is 13.4. The molecular weight excluding hydrogens is 325 g/mol. The van der Waals surface area contributed by atoms with Crippen LogP contribution in [0.15, 0.2) is 0 Å². The normalized spacial score (nSPS) is 18.0. The number of halogens is 2. The average Bonchev–Trinajstić information content (AvgIpc) is 2.44. The quantitative estimate of drug-likeness (QED) is 0.695. The molecular formula is C15H33Cl2N3O2. The molecule has 0 spiro atoms. The van der Waals surface area contributed by atoms with Gasteiger partial charge in [-0.3, -0.25) is 9.69 Å². The molecule has 0 aliphatic carbocycles. The standard InChI is InChI=1S/C15H31N3O2.2ClH/c1-4-13(5-2)14(18-8-10-20-11-9-18)15(19)17-7-6-12(3)16;;/h12-14H,4-11,16H2,1-3H3,(H,17,19);2*1H. The molecule has 134 valence electrons. The van der Waals surface area contributed by atoms with E-state index in [-0.39, 0.29) is 42.8 Å². The molecule has 0 radical (unpaired) electrons. The van der Waals surface area contributed by atoms with Crippen molar-refractivity contribution in [3.05, 3.63) is 0 Å². The van der Waals surface area contributed by atoms with Crippen molar-refractivity contribution in [1.29, 1.82) is 0 Å². The van der Waals surface area contributed by atoms with Crippen LogP contribution in [0, 0.1) is 5.92 Å². The van der Waals surface area contributed by atoms with E-state index in [2.05, 4.69) is 24.1 Å². The number of rotatable bonds is 8. The Kier molecular flexibility index (Phi) is 14.7. The van der Waals surface area contributed by atoms with E-state index in [1.54, 1.807) is 0 Å². The predicted octanol–water partition coefficient (Wildman–Crippen LogP) is 1.82. The molecule has 5 nitrogen and oxygen atoms in total. The smallest absolute Gasteiger partial charge is 0.237 e. The molecule has 1 amide bonds. The summed E-state index contributed by atoms with van der Waals surface area (Å²) in [5.41, 5.74) is 5.73. The SMILES string of the molecule is CCC(CC)C(C(=O)NCCC(C)N)N1CCOCC1.Cl.Cl. The van der Waals surface area contributed by atoms with Crippen LogP contribution in [-0.4, -0.2) is 55.7 Å². The Morgan fingerprint density at radius 3 is 2.23 bits per heavy atom. The van der Waals surface area contributed by atoms with Crippen LogP contribution in [0.3, 0.4) is 0 Å². The highest BCUT2D eigenvalue weighted by atomic mass is 35.5. The first-order valence-corrected chi connectivity index (χ1v) is 7.95. The van der Waals surface area contributed by atoms with Gasteiger partial charge in [0.25, 0.3) is 0 Å². The lowest BCUT2D eigenvalue weighted by atomic mass is 9.91. The summed E-state index contributed by atoms with van der Waals surface area (Å²) in [6.07, 6.45) is 2.88. The summed E-state index contributed by atoms with van der Waals surface area (Å²) >= 11 is 0. The van der Waals surface area contributed by atoms with Crippen LogP contribution in [0.1, 0.15) is 40.0 Å². The summed E-state index contributed by atoms with van der Waals surface area (Å²) in [6, 6.07) is 0.104. The highest BCUT2D eigenvalue weighted by Gasteiger charge is 2.32. The summed E-state index contributed by atoms with van der Waals surface area (Å²) in [7, 11) is 0. The largest absolute Gasteiger partial charge is 0.379 e. The molecule has 1 heterocycles. The molecule has 1 fully saturated rings. The number of ether oxygens (including phenoxy) is 1. The molecule has 2 unspecified atom stereocenters.